The number of likely N-dealkylation sites (tertiary alicyclic amines) is 1. The SMILES string of the molecule is CC(=O)c1cn(CC(=O)N2CCC[C@H]2C(=O)Nc2cccc(-c3ccccc3Cl)c2F)c2ccc(/C(C=N)=C/C=N)cc12. The number of amides is 2. The van der Waals surface area contributed by atoms with Crippen molar-refractivity contribution in [2.24, 2.45) is 0 Å². The van der Waals surface area contributed by atoms with Gasteiger partial charge in [-0.05, 0) is 55.7 Å². The van der Waals surface area contributed by atoms with Gasteiger partial charge in [0, 0.05) is 63.4 Å². The normalized spacial score (nSPS) is 15.0. The number of hydrogen-bond donors (Lipinski definition) is 3. The van der Waals surface area contributed by atoms with Gasteiger partial charge >= 0.3 is 0 Å². The van der Waals surface area contributed by atoms with Crippen LogP contribution in [0.2, 0.25) is 5.02 Å². The molecule has 0 radical (unpaired) electrons. The molecule has 0 unspecified atom stereocenters. The van der Waals surface area contributed by atoms with Crippen LogP contribution < -0.4 is 5.32 Å². The van der Waals surface area contributed by atoms with E-state index in [1.54, 1.807) is 65.4 Å². The van der Waals surface area contributed by atoms with Crippen molar-refractivity contribution in [3.05, 3.63) is 94.9 Å². The zero-order chi connectivity index (χ0) is 30.7. The summed E-state index contributed by atoms with van der Waals surface area (Å²) in [5.41, 5.74) is 3.02. The minimum absolute atomic E-state index is 0.00128. The van der Waals surface area contributed by atoms with Gasteiger partial charge in [-0.15, -0.1) is 0 Å². The van der Waals surface area contributed by atoms with Crippen LogP contribution in [0.4, 0.5) is 10.1 Å². The number of nitrogens with one attached hydrogen (secondary N) is 3. The molecule has 0 bridgehead atoms. The highest BCUT2D eigenvalue weighted by Gasteiger charge is 2.35. The summed E-state index contributed by atoms with van der Waals surface area (Å²) >= 11 is 6.27. The van der Waals surface area contributed by atoms with Crippen molar-refractivity contribution in [3.63, 3.8) is 0 Å². The van der Waals surface area contributed by atoms with Gasteiger partial charge < -0.3 is 25.6 Å². The van der Waals surface area contributed by atoms with E-state index in [0.717, 1.165) is 12.4 Å². The molecule has 1 saturated heterocycles. The lowest BCUT2D eigenvalue weighted by Crippen LogP contribution is -2.44. The fourth-order valence-electron chi connectivity index (χ4n) is 5.51. The van der Waals surface area contributed by atoms with E-state index in [1.807, 2.05) is 0 Å². The van der Waals surface area contributed by atoms with Crippen LogP contribution in [-0.2, 0) is 16.1 Å². The molecule has 43 heavy (non-hydrogen) atoms. The number of halogens is 2. The first-order chi connectivity index (χ1) is 20.7. The van der Waals surface area contributed by atoms with Crippen molar-refractivity contribution in [1.29, 1.82) is 10.8 Å². The van der Waals surface area contributed by atoms with E-state index < -0.39 is 17.8 Å². The van der Waals surface area contributed by atoms with E-state index in [1.165, 1.54) is 24.0 Å². The van der Waals surface area contributed by atoms with E-state index in [9.17, 15) is 14.4 Å². The van der Waals surface area contributed by atoms with Crippen LogP contribution in [0.1, 0.15) is 35.7 Å². The number of Topliss-reactive ketones (excluding diaryl/α,β-unsaturated/α-hetero) is 1. The number of fused-ring (bicyclic) bond motifs is 1. The molecule has 2 heterocycles. The molecule has 218 valence electrons. The van der Waals surface area contributed by atoms with Gasteiger partial charge in [-0.25, -0.2) is 4.39 Å². The monoisotopic (exact) mass is 597 g/mol. The van der Waals surface area contributed by atoms with Gasteiger partial charge in [0.1, 0.15) is 12.6 Å². The Morgan fingerprint density at radius 3 is 2.56 bits per heavy atom. The van der Waals surface area contributed by atoms with Crippen LogP contribution in [0, 0.1) is 16.6 Å². The number of carbonyl (C=O) groups excluding carboxylic acids is 3. The zero-order valence-corrected chi connectivity index (χ0v) is 24.1. The maximum Gasteiger partial charge on any atom is 0.247 e. The van der Waals surface area contributed by atoms with Crippen molar-refractivity contribution in [3.8, 4) is 11.1 Å². The third kappa shape index (κ3) is 5.89. The van der Waals surface area contributed by atoms with Crippen LogP contribution in [0.3, 0.4) is 0 Å². The Hall–Kier alpha value is -4.89. The number of benzene rings is 3. The van der Waals surface area contributed by atoms with Gasteiger partial charge in [0.2, 0.25) is 11.8 Å². The quantitative estimate of drug-likeness (QED) is 0.149. The summed E-state index contributed by atoms with van der Waals surface area (Å²) in [5.74, 6) is -1.58. The molecule has 0 saturated carbocycles. The number of anilines is 1. The number of aromatic nitrogens is 1. The Morgan fingerprint density at radius 1 is 1.07 bits per heavy atom. The van der Waals surface area contributed by atoms with E-state index >= 15 is 4.39 Å². The van der Waals surface area contributed by atoms with Gasteiger partial charge in [0.05, 0.1) is 5.69 Å². The van der Waals surface area contributed by atoms with E-state index in [0.29, 0.717) is 57.6 Å². The van der Waals surface area contributed by atoms with Gasteiger partial charge in [0.15, 0.2) is 11.6 Å². The molecule has 3 N–H and O–H groups in total. The molecular formula is C33H29ClFN5O3. The first-order valence-electron chi connectivity index (χ1n) is 13.7. The first-order valence-corrected chi connectivity index (χ1v) is 14.1. The molecule has 10 heteroatoms. The second-order valence-corrected chi connectivity index (χ2v) is 10.7. The summed E-state index contributed by atoms with van der Waals surface area (Å²) < 4.78 is 17.2. The van der Waals surface area contributed by atoms with Crippen molar-refractivity contribution in [1.82, 2.24) is 9.47 Å². The molecule has 1 atom stereocenters. The van der Waals surface area contributed by atoms with Gasteiger partial charge in [0.25, 0.3) is 0 Å². The highest BCUT2D eigenvalue weighted by atomic mass is 35.5. The van der Waals surface area contributed by atoms with Crippen molar-refractivity contribution in [2.75, 3.05) is 11.9 Å². The zero-order valence-electron chi connectivity index (χ0n) is 23.4. The first kappa shape index (κ1) is 29.6. The number of carbonyl (C=O) groups is 3. The van der Waals surface area contributed by atoms with Crippen molar-refractivity contribution < 1.29 is 18.8 Å². The van der Waals surface area contributed by atoms with E-state index in [2.05, 4.69) is 5.32 Å². The van der Waals surface area contributed by atoms with Crippen molar-refractivity contribution >= 4 is 63.8 Å². The minimum Gasteiger partial charge on any atom is -0.337 e. The van der Waals surface area contributed by atoms with Gasteiger partial charge in [-0.3, -0.25) is 14.4 Å². The van der Waals surface area contributed by atoms with Crippen LogP contribution >= 0.6 is 11.6 Å². The van der Waals surface area contributed by atoms with Gasteiger partial charge in [-0.2, -0.15) is 0 Å². The Bertz CT molecular complexity index is 1810. The average molecular weight is 598 g/mol. The highest BCUT2D eigenvalue weighted by molar-refractivity contribution is 6.33. The Labute approximate surface area is 252 Å². The predicted octanol–water partition coefficient (Wildman–Crippen LogP) is 6.62. The summed E-state index contributed by atoms with van der Waals surface area (Å²) in [6, 6.07) is 16.1. The summed E-state index contributed by atoms with van der Waals surface area (Å²) in [4.78, 5) is 40.9. The van der Waals surface area contributed by atoms with Crippen LogP contribution in [-0.4, -0.2) is 52.1 Å². The van der Waals surface area contributed by atoms with Crippen molar-refractivity contribution in [2.45, 2.75) is 32.4 Å². The summed E-state index contributed by atoms with van der Waals surface area (Å²) in [7, 11) is 0. The number of rotatable bonds is 9. The van der Waals surface area contributed by atoms with Crippen LogP contribution in [0.25, 0.3) is 27.6 Å². The Balaban J connectivity index is 1.38. The molecule has 1 aromatic heterocycles. The third-order valence-electron chi connectivity index (χ3n) is 7.61. The van der Waals surface area contributed by atoms with Crippen LogP contribution in [0.5, 0.6) is 0 Å². The molecule has 0 aliphatic carbocycles. The molecule has 2 amide bonds. The number of ketones is 1. The van der Waals surface area contributed by atoms with Gasteiger partial charge in [-0.1, -0.05) is 48.0 Å². The molecule has 1 fully saturated rings. The maximum atomic E-state index is 15.5. The fraction of sp³-hybridized carbons (Fsp3) is 0.182. The van der Waals surface area contributed by atoms with E-state index in [-0.39, 0.29) is 29.5 Å². The fourth-order valence-corrected chi connectivity index (χ4v) is 5.75. The molecule has 3 aromatic carbocycles. The molecule has 1 aliphatic rings. The number of allylic oxidation sites excluding steroid dienone is 2. The Kier molecular flexibility index (Phi) is 8.63. The smallest absolute Gasteiger partial charge is 0.247 e. The lowest BCUT2D eigenvalue weighted by atomic mass is 10.0. The predicted molar refractivity (Wildman–Crippen MR) is 168 cm³/mol. The summed E-state index contributed by atoms with van der Waals surface area (Å²) in [5, 5.41) is 18.7. The topological polar surface area (TPSA) is 119 Å². The second-order valence-electron chi connectivity index (χ2n) is 10.3. The molecule has 1 aliphatic heterocycles. The maximum absolute atomic E-state index is 15.5. The highest BCUT2D eigenvalue weighted by Crippen LogP contribution is 2.33. The lowest BCUT2D eigenvalue weighted by Gasteiger charge is -2.24. The lowest BCUT2D eigenvalue weighted by molar-refractivity contribution is -0.137. The number of hydrogen-bond acceptors (Lipinski definition) is 5. The largest absolute Gasteiger partial charge is 0.337 e. The molecule has 0 spiro atoms. The number of nitrogens with zero attached hydrogens (tertiary/aromatic N) is 2. The van der Waals surface area contributed by atoms with Crippen LogP contribution in [0.15, 0.2) is 72.9 Å². The molecular weight excluding hydrogens is 569 g/mol. The molecule has 8 nitrogen and oxygen atoms in total. The Morgan fingerprint density at radius 2 is 1.84 bits per heavy atom. The molecule has 5 rings (SSSR count). The minimum atomic E-state index is -0.780. The summed E-state index contributed by atoms with van der Waals surface area (Å²) in [6.45, 7) is 1.72. The molecule has 4 aromatic rings. The standard InChI is InChI=1S/C33H29ClFN5O3/c1-20(41)26-18-39(29-12-11-21(16-25(26)29)22(17-37)13-14-36)19-31(42)40-15-5-10-30(40)33(43)38-28-9-4-7-24(32(28)35)23-6-2-3-8-27(23)34/h2-4,6-9,11-14,16-18,30,36-37H,5,10,15,19H2,1H3,(H,38,43)/b22-13+,36-14?,37-17?/t30-/m0/s1. The van der Waals surface area contributed by atoms with E-state index in [4.69, 9.17) is 22.4 Å². The second kappa shape index (κ2) is 12.5. The third-order valence-corrected chi connectivity index (χ3v) is 7.94. The average Bonchev–Trinajstić information content (AvgIpc) is 3.63. The summed E-state index contributed by atoms with van der Waals surface area (Å²) in [6.07, 6.45) is 6.39.